The third kappa shape index (κ3) is 80.1. The fourth-order valence-electron chi connectivity index (χ4n) is 13.6. The highest BCUT2D eigenvalue weighted by Crippen LogP contribution is 2.45. The zero-order chi connectivity index (χ0) is 77.6. The van der Waals surface area contributed by atoms with Gasteiger partial charge in [-0.25, -0.2) is 9.13 Å². The van der Waals surface area contributed by atoms with Crippen molar-refractivity contribution in [3.8, 4) is 0 Å². The molecule has 0 aliphatic heterocycles. The molecule has 0 amide bonds. The van der Waals surface area contributed by atoms with Gasteiger partial charge in [0.2, 0.25) is 0 Å². The average molecular weight is 1550 g/mol. The Morgan fingerprint density at radius 1 is 0.255 bits per heavy atom. The molecule has 0 aromatic rings. The molecular weight excluding hydrogens is 1380 g/mol. The van der Waals surface area contributed by atoms with Crippen molar-refractivity contribution < 1.29 is 80.2 Å². The van der Waals surface area contributed by atoms with Gasteiger partial charge in [-0.2, -0.15) is 0 Å². The van der Waals surface area contributed by atoms with E-state index in [9.17, 15) is 43.2 Å². The minimum absolute atomic E-state index is 0.108. The summed E-state index contributed by atoms with van der Waals surface area (Å²) < 4.78 is 68.9. The molecule has 0 aliphatic rings. The molecule has 0 saturated heterocycles. The highest BCUT2D eigenvalue weighted by molar-refractivity contribution is 7.47. The minimum Gasteiger partial charge on any atom is -0.462 e. The van der Waals surface area contributed by atoms with Gasteiger partial charge in [-0.05, 0) is 31.6 Å². The van der Waals surface area contributed by atoms with Crippen molar-refractivity contribution in [1.82, 2.24) is 0 Å². The number of phosphoric ester groups is 2. The Kier molecular flexibility index (Phi) is 78.2. The quantitative estimate of drug-likeness (QED) is 0.0222. The second-order valence-electron chi connectivity index (χ2n) is 31.8. The van der Waals surface area contributed by atoms with Gasteiger partial charge in [-0.3, -0.25) is 37.3 Å². The molecule has 2 unspecified atom stereocenters. The van der Waals surface area contributed by atoms with E-state index in [-0.39, 0.29) is 25.7 Å². The summed E-state index contributed by atoms with van der Waals surface area (Å²) in [4.78, 5) is 73.2. The molecule has 0 bridgehead atoms. The second-order valence-corrected chi connectivity index (χ2v) is 34.7. The number of unbranched alkanes of at least 4 members (excludes halogenated alkanes) is 59. The predicted octanol–water partition coefficient (Wildman–Crippen LogP) is 26.8. The maximum Gasteiger partial charge on any atom is 0.472 e. The van der Waals surface area contributed by atoms with Crippen LogP contribution < -0.4 is 0 Å². The van der Waals surface area contributed by atoms with E-state index in [1.807, 2.05) is 0 Å². The number of hydrogen-bond acceptors (Lipinski definition) is 15. The maximum absolute atomic E-state index is 13.2. The van der Waals surface area contributed by atoms with E-state index >= 15 is 0 Å². The Morgan fingerprint density at radius 3 is 0.642 bits per heavy atom. The molecule has 0 spiro atoms. The monoisotopic (exact) mass is 1550 g/mol. The van der Waals surface area contributed by atoms with E-state index in [0.29, 0.717) is 25.7 Å². The van der Waals surface area contributed by atoms with Crippen LogP contribution in [-0.4, -0.2) is 96.7 Å². The Hall–Kier alpha value is -1.94. The normalized spacial score (nSPS) is 13.7. The largest absolute Gasteiger partial charge is 0.472 e. The lowest BCUT2D eigenvalue weighted by Crippen LogP contribution is -2.30. The van der Waals surface area contributed by atoms with Gasteiger partial charge in [0.05, 0.1) is 26.4 Å². The van der Waals surface area contributed by atoms with Crippen molar-refractivity contribution in [2.75, 3.05) is 39.6 Å². The van der Waals surface area contributed by atoms with Crippen molar-refractivity contribution in [3.63, 3.8) is 0 Å². The van der Waals surface area contributed by atoms with Crippen molar-refractivity contribution in [2.24, 2.45) is 5.92 Å². The first-order valence-electron chi connectivity index (χ1n) is 45.1. The SMILES string of the molecule is CCCCCCCCCCCCCCCCCCCCCCCCC(=O)O[C@H](COC(=O)CCCCCCCCCCCCCCCCCCCCC(C)C)COP(=O)(O)OC[C@@H](O)COP(=O)(O)OC[C@@H](COC(=O)CCCCCCCCCCCCC)OC(=O)CCCCCCCCCCCCCC. The zero-order valence-corrected chi connectivity index (χ0v) is 71.4. The van der Waals surface area contributed by atoms with Crippen LogP contribution in [0.25, 0.3) is 0 Å². The molecule has 630 valence electrons. The van der Waals surface area contributed by atoms with Crippen LogP contribution in [0.3, 0.4) is 0 Å². The van der Waals surface area contributed by atoms with Gasteiger partial charge in [0, 0.05) is 25.7 Å². The number of phosphoric acid groups is 2. The summed E-state index contributed by atoms with van der Waals surface area (Å²) in [5, 5.41) is 10.7. The van der Waals surface area contributed by atoms with E-state index in [4.69, 9.17) is 37.0 Å². The molecule has 0 radical (unpaired) electrons. The van der Waals surface area contributed by atoms with Crippen LogP contribution in [0.5, 0.6) is 0 Å². The third-order valence-corrected chi connectivity index (χ3v) is 22.4. The first kappa shape index (κ1) is 104. The van der Waals surface area contributed by atoms with Crippen LogP contribution in [-0.2, 0) is 65.4 Å². The van der Waals surface area contributed by atoms with Gasteiger partial charge in [0.1, 0.15) is 19.3 Å². The van der Waals surface area contributed by atoms with Crippen molar-refractivity contribution >= 4 is 39.5 Å². The van der Waals surface area contributed by atoms with Crippen molar-refractivity contribution in [1.29, 1.82) is 0 Å². The first-order chi connectivity index (χ1) is 51.5. The summed E-state index contributed by atoms with van der Waals surface area (Å²) in [6.07, 6.45) is 73.7. The lowest BCUT2D eigenvalue weighted by Gasteiger charge is -2.21. The van der Waals surface area contributed by atoms with E-state index < -0.39 is 97.5 Å². The molecule has 0 heterocycles. The summed E-state index contributed by atoms with van der Waals surface area (Å²) in [6, 6.07) is 0. The Bertz CT molecular complexity index is 2010. The summed E-state index contributed by atoms with van der Waals surface area (Å²) in [5.41, 5.74) is 0. The number of hydrogen-bond donors (Lipinski definition) is 3. The molecule has 0 aromatic carbocycles. The van der Waals surface area contributed by atoms with Crippen LogP contribution in [0.15, 0.2) is 0 Å². The van der Waals surface area contributed by atoms with E-state index in [0.717, 1.165) is 95.8 Å². The Labute approximate surface area is 651 Å². The van der Waals surface area contributed by atoms with Gasteiger partial charge < -0.3 is 33.8 Å². The number of rotatable bonds is 87. The summed E-state index contributed by atoms with van der Waals surface area (Å²) in [7, 11) is -9.92. The fraction of sp³-hybridized carbons (Fsp3) is 0.954. The Balaban J connectivity index is 5.20. The van der Waals surface area contributed by atoms with Crippen LogP contribution in [0.1, 0.15) is 471 Å². The summed E-state index contributed by atoms with van der Waals surface area (Å²) >= 11 is 0. The van der Waals surface area contributed by atoms with E-state index in [1.54, 1.807) is 0 Å². The predicted molar refractivity (Wildman–Crippen MR) is 437 cm³/mol. The lowest BCUT2D eigenvalue weighted by atomic mass is 10.0. The van der Waals surface area contributed by atoms with Gasteiger partial charge in [-0.1, -0.05) is 420 Å². The van der Waals surface area contributed by atoms with Crippen molar-refractivity contribution in [2.45, 2.75) is 490 Å². The molecular formula is C87H170O17P2. The molecule has 0 aliphatic carbocycles. The number of carbonyl (C=O) groups is 4. The number of aliphatic hydroxyl groups is 1. The molecule has 19 heteroatoms. The summed E-state index contributed by atoms with van der Waals surface area (Å²) in [5.74, 6) is -1.28. The van der Waals surface area contributed by atoms with Gasteiger partial charge in [0.15, 0.2) is 12.2 Å². The molecule has 3 N–H and O–H groups in total. The average Bonchev–Trinajstić information content (AvgIpc) is 0.903. The lowest BCUT2D eigenvalue weighted by molar-refractivity contribution is -0.161. The zero-order valence-electron chi connectivity index (χ0n) is 69.6. The standard InChI is InChI=1S/C87H170O17P2/c1-6-9-12-15-18-21-24-26-27-28-29-30-31-32-37-40-43-48-53-58-63-68-73-87(92)104-83(77-98-85(90)71-66-61-56-51-47-42-39-36-34-33-35-38-41-45-49-54-59-64-69-80(4)5)79-102-106(95,96)100-75-81(88)74-99-105(93,94)101-78-82(76-97-84(89)70-65-60-55-50-44-23-20-17-14-11-8-3)103-86(91)72-67-62-57-52-46-25-22-19-16-13-10-7-2/h80-83,88H,6-79H2,1-5H3,(H,93,94)(H,95,96)/t81-,82+,83+/m0/s1. The fourth-order valence-corrected chi connectivity index (χ4v) is 15.2. The molecule has 5 atom stereocenters. The second kappa shape index (κ2) is 79.7. The number of ether oxygens (including phenoxy) is 4. The van der Waals surface area contributed by atoms with Gasteiger partial charge in [0.25, 0.3) is 0 Å². The van der Waals surface area contributed by atoms with E-state index in [1.165, 1.54) is 295 Å². The highest BCUT2D eigenvalue weighted by atomic mass is 31.2. The number of esters is 4. The molecule has 0 saturated carbocycles. The van der Waals surface area contributed by atoms with Crippen LogP contribution >= 0.6 is 15.6 Å². The molecule has 0 rings (SSSR count). The minimum atomic E-state index is -4.97. The Morgan fingerprint density at radius 2 is 0.434 bits per heavy atom. The third-order valence-electron chi connectivity index (χ3n) is 20.5. The maximum atomic E-state index is 13.2. The van der Waals surface area contributed by atoms with Gasteiger partial charge >= 0.3 is 39.5 Å². The molecule has 106 heavy (non-hydrogen) atoms. The smallest absolute Gasteiger partial charge is 0.462 e. The van der Waals surface area contributed by atoms with Crippen LogP contribution in [0.4, 0.5) is 0 Å². The van der Waals surface area contributed by atoms with Crippen LogP contribution in [0.2, 0.25) is 0 Å². The highest BCUT2D eigenvalue weighted by Gasteiger charge is 2.30. The molecule has 17 nitrogen and oxygen atoms in total. The van der Waals surface area contributed by atoms with Crippen molar-refractivity contribution in [3.05, 3.63) is 0 Å². The molecule has 0 fully saturated rings. The topological polar surface area (TPSA) is 237 Å². The van der Waals surface area contributed by atoms with E-state index in [2.05, 4.69) is 34.6 Å². The summed E-state index contributed by atoms with van der Waals surface area (Å²) in [6.45, 7) is 7.40. The number of aliphatic hydroxyl groups excluding tert-OH is 1. The first-order valence-corrected chi connectivity index (χ1v) is 48.1. The number of carbonyl (C=O) groups excluding carboxylic acids is 4. The molecule has 0 aromatic heterocycles. The van der Waals surface area contributed by atoms with Gasteiger partial charge in [-0.15, -0.1) is 0 Å². The van der Waals surface area contributed by atoms with Crippen LogP contribution in [0, 0.1) is 5.92 Å².